The van der Waals surface area contributed by atoms with Crippen LogP contribution in [0.25, 0.3) is 0 Å². The second-order valence-corrected chi connectivity index (χ2v) is 10.2. The van der Waals surface area contributed by atoms with Crippen molar-refractivity contribution in [2.45, 2.75) is 66.0 Å². The van der Waals surface area contributed by atoms with Gasteiger partial charge in [0, 0.05) is 0 Å². The zero-order chi connectivity index (χ0) is 31.4. The van der Waals surface area contributed by atoms with Crippen LogP contribution in [-0.2, 0) is 28.6 Å². The second-order valence-electron chi connectivity index (χ2n) is 6.77. The fourth-order valence-corrected chi connectivity index (χ4v) is 5.43. The van der Waals surface area contributed by atoms with E-state index in [4.69, 9.17) is 0 Å². The highest BCUT2D eigenvalue weighted by atomic mass is 32.2. The van der Waals surface area contributed by atoms with E-state index in [1.807, 2.05) is 0 Å². The van der Waals surface area contributed by atoms with Gasteiger partial charge in [-0.2, -0.15) is 95.9 Å². The Labute approximate surface area is 198 Å². The second kappa shape index (κ2) is 9.88. The Bertz CT molecular complexity index is 968. The van der Waals surface area contributed by atoms with E-state index < -0.39 is 85.9 Å². The van der Waals surface area contributed by atoms with Crippen molar-refractivity contribution in [3.05, 3.63) is 0 Å². The maximum Gasteiger partial charge on any atom is 0.428 e. The Morgan fingerprint density at radius 1 is 0.500 bits per heavy atom. The minimum atomic E-state index is -8.04. The third-order valence-electron chi connectivity index (χ3n) is 4.20. The fraction of sp³-hybridized carbons (Fsp3) is 1.00. The van der Waals surface area contributed by atoms with E-state index in [0.29, 0.717) is 0 Å². The van der Waals surface area contributed by atoms with E-state index in [1.165, 1.54) is 0 Å². The van der Waals surface area contributed by atoms with Gasteiger partial charge in [-0.3, -0.25) is 8.37 Å². The summed E-state index contributed by atoms with van der Waals surface area (Å²) in [5.74, 6) is 0. The Morgan fingerprint density at radius 3 is 0.974 bits per heavy atom. The summed E-state index contributed by atoms with van der Waals surface area (Å²) in [7, 11) is -16.1. The zero-order valence-corrected chi connectivity index (χ0v) is 18.7. The minimum absolute atomic E-state index is 0.105. The van der Waals surface area contributed by atoms with Gasteiger partial charge < -0.3 is 0 Å². The van der Waals surface area contributed by atoms with Crippen LogP contribution in [0, 0.1) is 0 Å². The first-order chi connectivity index (χ1) is 16.1. The number of alkyl halides is 18. The van der Waals surface area contributed by atoms with Crippen LogP contribution in [-0.4, -0.2) is 76.1 Å². The van der Waals surface area contributed by atoms with Crippen molar-refractivity contribution < 1.29 is 104 Å². The summed E-state index contributed by atoms with van der Waals surface area (Å²) in [4.78, 5) is 0. The van der Waals surface area contributed by atoms with Gasteiger partial charge in [0.25, 0.3) is 0 Å². The van der Waals surface area contributed by atoms with Crippen molar-refractivity contribution in [2.24, 2.45) is 0 Å². The lowest BCUT2D eigenvalue weighted by molar-refractivity contribution is -0.351. The van der Waals surface area contributed by atoms with Gasteiger partial charge in [0.05, 0.1) is 12.7 Å². The van der Waals surface area contributed by atoms with Crippen molar-refractivity contribution in [3.63, 3.8) is 0 Å². The molecule has 0 N–H and O–H groups in total. The predicted molar refractivity (Wildman–Crippen MR) is 80.7 cm³/mol. The maximum atomic E-state index is 12.9. The van der Waals surface area contributed by atoms with Gasteiger partial charge in [0.2, 0.25) is 0 Å². The molecule has 0 spiro atoms. The van der Waals surface area contributed by atoms with E-state index in [9.17, 15) is 95.9 Å². The van der Waals surface area contributed by atoms with Gasteiger partial charge in [0.15, 0.2) is 0 Å². The lowest BCUT2D eigenvalue weighted by atomic mass is 10.1. The van der Waals surface area contributed by atoms with Gasteiger partial charge >= 0.3 is 66.8 Å². The standard InChI is InChI=1S/C12H8F18O6S2/c1-4(36-38(33,34)6(10(22,23)24,11(25,26)27)12(28,29)30)2-3-35-37(31,32)5(7(13,14)15,8(16,17)18)9(19,20)21/h4H,2-3H2,1H3. The first-order valence-corrected chi connectivity index (χ1v) is 11.1. The average molecular weight is 654 g/mol. The summed E-state index contributed by atoms with van der Waals surface area (Å²) in [6.07, 6.45) is -51.8. The first kappa shape index (κ1) is 36.6. The molecule has 0 aromatic carbocycles. The van der Waals surface area contributed by atoms with E-state index in [1.54, 1.807) is 0 Å². The molecule has 1 unspecified atom stereocenters. The molecule has 0 aromatic rings. The number of hydrogen-bond acceptors (Lipinski definition) is 6. The van der Waals surface area contributed by atoms with Crippen LogP contribution in [0.4, 0.5) is 79.0 Å². The third kappa shape index (κ3) is 5.71. The fourth-order valence-electron chi connectivity index (χ4n) is 2.56. The predicted octanol–water partition coefficient (Wildman–Crippen LogP) is 5.31. The largest absolute Gasteiger partial charge is 0.428 e. The summed E-state index contributed by atoms with van der Waals surface area (Å²) in [5.41, 5.74) is 0. The zero-order valence-electron chi connectivity index (χ0n) is 17.1. The lowest BCUT2D eigenvalue weighted by Crippen LogP contribution is -2.71. The summed E-state index contributed by atoms with van der Waals surface area (Å²) >= 11 is 0. The molecule has 0 radical (unpaired) electrons. The highest BCUT2D eigenvalue weighted by Crippen LogP contribution is 2.59. The molecule has 0 amide bonds. The molecular formula is C12H8F18O6S2. The summed E-state index contributed by atoms with van der Waals surface area (Å²) in [6.45, 7) is -2.62. The van der Waals surface area contributed by atoms with Crippen LogP contribution in [0.5, 0.6) is 0 Å². The Kier molecular flexibility index (Phi) is 9.51. The molecule has 6 nitrogen and oxygen atoms in total. The molecule has 0 aliphatic heterocycles. The molecule has 26 heteroatoms. The SMILES string of the molecule is CC(CCOS(=O)(=O)C(C(F)(F)F)(C(F)(F)F)C(F)(F)F)OS(=O)(=O)C(C(F)(F)F)(C(F)(F)F)C(F)(F)F. The van der Waals surface area contributed by atoms with Crippen LogP contribution in [0.3, 0.4) is 0 Å². The van der Waals surface area contributed by atoms with Crippen molar-refractivity contribution in [2.75, 3.05) is 6.61 Å². The Hall–Kier alpha value is -1.44. The Morgan fingerprint density at radius 2 is 0.737 bits per heavy atom. The first-order valence-electron chi connectivity index (χ1n) is 8.32. The van der Waals surface area contributed by atoms with Gasteiger partial charge in [-0.15, -0.1) is 0 Å². The van der Waals surface area contributed by atoms with Crippen LogP contribution >= 0.6 is 0 Å². The van der Waals surface area contributed by atoms with Gasteiger partial charge in [0.1, 0.15) is 0 Å². The molecule has 0 aromatic heterocycles. The quantitative estimate of drug-likeness (QED) is 0.261. The molecule has 0 aliphatic rings. The topological polar surface area (TPSA) is 86.7 Å². The minimum Gasteiger partial charge on any atom is -0.269 e. The molecule has 0 saturated heterocycles. The van der Waals surface area contributed by atoms with E-state index in [-0.39, 0.29) is 6.92 Å². The monoisotopic (exact) mass is 654 g/mol. The Balaban J connectivity index is 6.37. The normalized spacial score (nSPS) is 17.0. The van der Waals surface area contributed by atoms with E-state index in [2.05, 4.69) is 8.37 Å². The maximum absolute atomic E-state index is 12.9. The smallest absolute Gasteiger partial charge is 0.269 e. The van der Waals surface area contributed by atoms with E-state index >= 15 is 0 Å². The molecule has 0 heterocycles. The number of rotatable bonds is 8. The molecule has 0 bridgehead atoms. The van der Waals surface area contributed by atoms with Crippen molar-refractivity contribution in [1.82, 2.24) is 0 Å². The van der Waals surface area contributed by atoms with Crippen LogP contribution in [0.2, 0.25) is 0 Å². The van der Waals surface area contributed by atoms with Gasteiger partial charge in [-0.05, 0) is 13.3 Å². The van der Waals surface area contributed by atoms with Crippen LogP contribution in [0.1, 0.15) is 13.3 Å². The molecular weight excluding hydrogens is 646 g/mol. The van der Waals surface area contributed by atoms with Gasteiger partial charge in [-0.25, -0.2) is 0 Å². The highest BCUT2D eigenvalue weighted by molar-refractivity contribution is 7.88. The van der Waals surface area contributed by atoms with Crippen molar-refractivity contribution >= 4 is 20.2 Å². The molecule has 0 rings (SSSR count). The summed E-state index contributed by atoms with van der Waals surface area (Å²) < 4.78 is 268. The van der Waals surface area contributed by atoms with Gasteiger partial charge in [-0.1, -0.05) is 0 Å². The highest BCUT2D eigenvalue weighted by Gasteiger charge is 2.92. The van der Waals surface area contributed by atoms with Crippen molar-refractivity contribution in [3.8, 4) is 0 Å². The molecule has 0 saturated carbocycles. The number of halogens is 18. The van der Waals surface area contributed by atoms with Crippen molar-refractivity contribution in [1.29, 1.82) is 0 Å². The molecule has 1 atom stereocenters. The number of hydrogen-bond donors (Lipinski definition) is 0. The van der Waals surface area contributed by atoms with E-state index in [0.717, 1.165) is 0 Å². The summed E-state index contributed by atoms with van der Waals surface area (Å²) in [5, 5.41) is 0. The van der Waals surface area contributed by atoms with Crippen LogP contribution in [0.15, 0.2) is 0 Å². The molecule has 0 aliphatic carbocycles. The lowest BCUT2D eigenvalue weighted by Gasteiger charge is -2.37. The average Bonchev–Trinajstić information content (AvgIpc) is 2.43. The van der Waals surface area contributed by atoms with Crippen LogP contribution < -0.4 is 0 Å². The summed E-state index contributed by atoms with van der Waals surface area (Å²) in [6, 6.07) is 0. The third-order valence-corrected chi connectivity index (χ3v) is 8.15. The molecule has 230 valence electrons. The molecule has 0 fully saturated rings. The molecule has 38 heavy (non-hydrogen) atoms.